The Labute approximate surface area is 146 Å². The molecular weight excluding hydrogens is 328 g/mol. The molecule has 1 aliphatic rings. The summed E-state index contributed by atoms with van der Waals surface area (Å²) in [5.74, 6) is -1.80. The van der Waals surface area contributed by atoms with E-state index in [0.717, 1.165) is 44.5 Å². The summed E-state index contributed by atoms with van der Waals surface area (Å²) in [6.07, 6.45) is 3.35. The van der Waals surface area contributed by atoms with E-state index in [4.69, 9.17) is 0 Å². The van der Waals surface area contributed by atoms with E-state index in [1.807, 2.05) is 11.8 Å². The molecule has 1 aromatic rings. The number of halogens is 2. The van der Waals surface area contributed by atoms with Crippen molar-refractivity contribution in [3.63, 3.8) is 0 Å². The van der Waals surface area contributed by atoms with Crippen molar-refractivity contribution in [1.82, 2.24) is 10.2 Å². The monoisotopic (exact) mass is 353 g/mol. The van der Waals surface area contributed by atoms with Gasteiger partial charge in [-0.2, -0.15) is 0 Å². The lowest BCUT2D eigenvalue weighted by Crippen LogP contribution is -2.43. The first-order chi connectivity index (χ1) is 12.0. The van der Waals surface area contributed by atoms with Gasteiger partial charge >= 0.3 is 0 Å². The van der Waals surface area contributed by atoms with Gasteiger partial charge in [0.1, 0.15) is 0 Å². The van der Waals surface area contributed by atoms with Crippen LogP contribution in [0.2, 0.25) is 0 Å². The number of carbonyl (C=O) groups is 2. The highest BCUT2D eigenvalue weighted by molar-refractivity contribution is 5.92. The van der Waals surface area contributed by atoms with Gasteiger partial charge in [-0.1, -0.05) is 6.92 Å². The summed E-state index contributed by atoms with van der Waals surface area (Å²) in [4.78, 5) is 25.7. The van der Waals surface area contributed by atoms with Crippen LogP contribution in [0.3, 0.4) is 0 Å². The van der Waals surface area contributed by atoms with E-state index in [-0.39, 0.29) is 24.0 Å². The first kappa shape index (κ1) is 19.3. The van der Waals surface area contributed by atoms with Crippen LogP contribution < -0.4 is 10.6 Å². The lowest BCUT2D eigenvalue weighted by Gasteiger charge is -2.32. The first-order valence-corrected chi connectivity index (χ1v) is 8.72. The lowest BCUT2D eigenvalue weighted by atomic mass is 9.98. The van der Waals surface area contributed by atoms with Crippen molar-refractivity contribution in [1.29, 1.82) is 0 Å². The largest absolute Gasteiger partial charge is 0.356 e. The Bertz CT molecular complexity index is 610. The van der Waals surface area contributed by atoms with Gasteiger partial charge in [0, 0.05) is 31.3 Å². The third-order valence-electron chi connectivity index (χ3n) is 4.24. The molecule has 2 amide bonds. The van der Waals surface area contributed by atoms with Crippen LogP contribution >= 0.6 is 0 Å². The molecule has 0 radical (unpaired) electrons. The summed E-state index contributed by atoms with van der Waals surface area (Å²) >= 11 is 0. The fourth-order valence-corrected chi connectivity index (χ4v) is 3.01. The number of likely N-dealkylation sites (tertiary alicyclic amines) is 1. The van der Waals surface area contributed by atoms with Gasteiger partial charge in [0.05, 0.1) is 6.54 Å². The minimum atomic E-state index is -0.987. The summed E-state index contributed by atoms with van der Waals surface area (Å²) in [7, 11) is 0. The maximum Gasteiger partial charge on any atom is 0.238 e. The molecule has 1 atom stereocenters. The SMILES string of the molecule is CCCC(=O)NCC1CCCN(CC(=O)Nc2ccc(F)c(F)c2)C1. The molecule has 25 heavy (non-hydrogen) atoms. The number of hydrogen-bond donors (Lipinski definition) is 2. The summed E-state index contributed by atoms with van der Waals surface area (Å²) in [5.41, 5.74) is 0.240. The van der Waals surface area contributed by atoms with Crippen LogP contribution in [0.25, 0.3) is 0 Å². The number of nitrogens with zero attached hydrogens (tertiary/aromatic N) is 1. The number of benzene rings is 1. The molecule has 1 fully saturated rings. The van der Waals surface area contributed by atoms with E-state index in [2.05, 4.69) is 10.6 Å². The average molecular weight is 353 g/mol. The van der Waals surface area contributed by atoms with Crippen molar-refractivity contribution in [2.45, 2.75) is 32.6 Å². The van der Waals surface area contributed by atoms with Crippen molar-refractivity contribution < 1.29 is 18.4 Å². The van der Waals surface area contributed by atoms with Gasteiger partial charge in [-0.15, -0.1) is 0 Å². The Balaban J connectivity index is 1.78. The summed E-state index contributed by atoms with van der Waals surface area (Å²) in [6, 6.07) is 3.29. The maximum atomic E-state index is 13.2. The van der Waals surface area contributed by atoms with Crippen molar-refractivity contribution >= 4 is 17.5 Å². The Hall–Kier alpha value is -2.02. The number of nitrogens with one attached hydrogen (secondary N) is 2. The number of hydrogen-bond acceptors (Lipinski definition) is 3. The van der Waals surface area contributed by atoms with Crippen LogP contribution in [0, 0.1) is 17.6 Å². The van der Waals surface area contributed by atoms with Crippen molar-refractivity contribution in [3.8, 4) is 0 Å². The zero-order valence-electron chi connectivity index (χ0n) is 14.5. The maximum absolute atomic E-state index is 13.2. The second-order valence-corrected chi connectivity index (χ2v) is 6.47. The highest BCUT2D eigenvalue weighted by atomic mass is 19.2. The summed E-state index contributed by atoms with van der Waals surface area (Å²) in [5, 5.41) is 5.52. The number of anilines is 1. The van der Waals surface area contributed by atoms with E-state index < -0.39 is 11.6 Å². The molecule has 138 valence electrons. The summed E-state index contributed by atoms with van der Waals surface area (Å²) < 4.78 is 26.1. The predicted octanol–water partition coefficient (Wildman–Crippen LogP) is 2.53. The zero-order valence-corrected chi connectivity index (χ0v) is 14.5. The normalized spacial score (nSPS) is 18.0. The van der Waals surface area contributed by atoms with Gasteiger partial charge in [0.2, 0.25) is 11.8 Å². The fraction of sp³-hybridized carbons (Fsp3) is 0.556. The molecule has 0 aromatic heterocycles. The van der Waals surface area contributed by atoms with E-state index in [1.165, 1.54) is 6.07 Å². The lowest BCUT2D eigenvalue weighted by molar-refractivity contribution is -0.121. The van der Waals surface area contributed by atoms with Gasteiger partial charge in [0.15, 0.2) is 11.6 Å². The molecule has 5 nitrogen and oxygen atoms in total. The smallest absolute Gasteiger partial charge is 0.238 e. The average Bonchev–Trinajstić information content (AvgIpc) is 2.57. The minimum Gasteiger partial charge on any atom is -0.356 e. The Kier molecular flexibility index (Phi) is 7.31. The van der Waals surface area contributed by atoms with E-state index in [0.29, 0.717) is 18.9 Å². The van der Waals surface area contributed by atoms with Gasteiger partial charge in [0.25, 0.3) is 0 Å². The Morgan fingerprint density at radius 3 is 2.76 bits per heavy atom. The molecule has 0 bridgehead atoms. The molecule has 7 heteroatoms. The van der Waals surface area contributed by atoms with Gasteiger partial charge in [-0.25, -0.2) is 8.78 Å². The molecular formula is C18H25F2N3O2. The number of rotatable bonds is 7. The third-order valence-corrected chi connectivity index (χ3v) is 4.24. The predicted molar refractivity (Wildman–Crippen MR) is 92.1 cm³/mol. The van der Waals surface area contributed by atoms with Crippen molar-refractivity contribution in [3.05, 3.63) is 29.8 Å². The van der Waals surface area contributed by atoms with Crippen LogP contribution in [-0.4, -0.2) is 42.9 Å². The van der Waals surface area contributed by atoms with Crippen LogP contribution in [0.1, 0.15) is 32.6 Å². The van der Waals surface area contributed by atoms with Crippen LogP contribution in [0.4, 0.5) is 14.5 Å². The molecule has 0 aliphatic carbocycles. The van der Waals surface area contributed by atoms with Crippen molar-refractivity contribution in [2.75, 3.05) is 31.5 Å². The van der Waals surface area contributed by atoms with Crippen LogP contribution in [-0.2, 0) is 9.59 Å². The number of amides is 2. The fourth-order valence-electron chi connectivity index (χ4n) is 3.01. The standard InChI is InChI=1S/C18H25F2N3O2/c1-2-4-17(24)21-10-13-5-3-8-23(11-13)12-18(25)22-14-6-7-15(19)16(20)9-14/h6-7,9,13H,2-5,8,10-12H2,1H3,(H,21,24)(H,22,25). The topological polar surface area (TPSA) is 61.4 Å². The molecule has 2 rings (SSSR count). The van der Waals surface area contributed by atoms with Gasteiger partial charge in [-0.05, 0) is 43.9 Å². The molecule has 1 aromatic carbocycles. The third kappa shape index (κ3) is 6.42. The van der Waals surface area contributed by atoms with E-state index >= 15 is 0 Å². The minimum absolute atomic E-state index is 0.0655. The van der Waals surface area contributed by atoms with Gasteiger partial charge < -0.3 is 10.6 Å². The molecule has 2 N–H and O–H groups in total. The van der Waals surface area contributed by atoms with Crippen molar-refractivity contribution in [2.24, 2.45) is 5.92 Å². The Morgan fingerprint density at radius 2 is 2.04 bits per heavy atom. The molecule has 0 spiro atoms. The molecule has 0 saturated carbocycles. The van der Waals surface area contributed by atoms with E-state index in [9.17, 15) is 18.4 Å². The second-order valence-electron chi connectivity index (χ2n) is 6.47. The quantitative estimate of drug-likeness (QED) is 0.792. The highest BCUT2D eigenvalue weighted by Gasteiger charge is 2.22. The second kappa shape index (κ2) is 9.46. The number of carbonyl (C=O) groups excluding carboxylic acids is 2. The first-order valence-electron chi connectivity index (χ1n) is 8.72. The molecule has 1 heterocycles. The number of piperidine rings is 1. The Morgan fingerprint density at radius 1 is 1.24 bits per heavy atom. The van der Waals surface area contributed by atoms with Crippen LogP contribution in [0.15, 0.2) is 18.2 Å². The zero-order chi connectivity index (χ0) is 18.2. The highest BCUT2D eigenvalue weighted by Crippen LogP contribution is 2.17. The van der Waals surface area contributed by atoms with E-state index in [1.54, 1.807) is 0 Å². The molecule has 1 aliphatic heterocycles. The van der Waals surface area contributed by atoms with Crippen LogP contribution in [0.5, 0.6) is 0 Å². The van der Waals surface area contributed by atoms with Gasteiger partial charge in [-0.3, -0.25) is 14.5 Å². The molecule has 1 unspecified atom stereocenters. The summed E-state index contributed by atoms with van der Waals surface area (Å²) in [6.45, 7) is 4.33. The molecule has 1 saturated heterocycles.